The number of hydrogen-bond donors (Lipinski definition) is 1. The van der Waals surface area contributed by atoms with Gasteiger partial charge in [0.05, 0.1) is 4.47 Å². The molecule has 0 radical (unpaired) electrons. The molecule has 0 heterocycles. The predicted octanol–water partition coefficient (Wildman–Crippen LogP) is 6.29. The average molecular weight is 403 g/mol. The maximum atomic E-state index is 5.89. The predicted molar refractivity (Wildman–Crippen MR) is 104 cm³/mol. The summed E-state index contributed by atoms with van der Waals surface area (Å²) >= 11 is 9.48. The molecule has 0 aromatic heterocycles. The Morgan fingerprint density at radius 1 is 0.875 bits per heavy atom. The lowest BCUT2D eigenvalue weighted by Crippen LogP contribution is -2.00. The fourth-order valence-electron chi connectivity index (χ4n) is 2.27. The summed E-state index contributed by atoms with van der Waals surface area (Å²) in [5.41, 5.74) is 3.38. The molecule has 0 bridgehead atoms. The lowest BCUT2D eigenvalue weighted by Gasteiger charge is -2.11. The molecule has 0 aliphatic rings. The van der Waals surface area contributed by atoms with Crippen LogP contribution in [0.1, 0.15) is 11.1 Å². The van der Waals surface area contributed by atoms with E-state index in [1.165, 1.54) is 5.56 Å². The largest absolute Gasteiger partial charge is 0.488 e. The maximum absolute atomic E-state index is 5.89. The molecule has 0 fully saturated rings. The second-order valence-corrected chi connectivity index (χ2v) is 6.69. The van der Waals surface area contributed by atoms with E-state index in [4.69, 9.17) is 16.3 Å². The van der Waals surface area contributed by atoms with Gasteiger partial charge < -0.3 is 10.1 Å². The van der Waals surface area contributed by atoms with E-state index in [2.05, 4.69) is 45.5 Å². The van der Waals surface area contributed by atoms with E-state index in [9.17, 15) is 0 Å². The van der Waals surface area contributed by atoms with Crippen LogP contribution in [0.5, 0.6) is 5.75 Å². The summed E-state index contributed by atoms with van der Waals surface area (Å²) in [5, 5.41) is 4.13. The SMILES string of the molecule is Clc1ccc(COc2ccc(CNc3ccccc3)cc2Br)cc1. The number of hydrogen-bond acceptors (Lipinski definition) is 2. The van der Waals surface area contributed by atoms with Crippen LogP contribution in [0, 0.1) is 0 Å². The van der Waals surface area contributed by atoms with Crippen LogP contribution in [-0.2, 0) is 13.2 Å². The molecule has 3 rings (SSSR count). The van der Waals surface area contributed by atoms with Crippen LogP contribution in [0.3, 0.4) is 0 Å². The first-order chi connectivity index (χ1) is 11.7. The number of para-hydroxylation sites is 1. The molecule has 0 atom stereocenters. The molecular weight excluding hydrogens is 386 g/mol. The van der Waals surface area contributed by atoms with Gasteiger partial charge in [-0.25, -0.2) is 0 Å². The van der Waals surface area contributed by atoms with Crippen molar-refractivity contribution in [3.63, 3.8) is 0 Å². The molecule has 122 valence electrons. The van der Waals surface area contributed by atoms with Crippen molar-refractivity contribution in [2.45, 2.75) is 13.2 Å². The number of benzene rings is 3. The summed E-state index contributed by atoms with van der Waals surface area (Å²) in [7, 11) is 0. The van der Waals surface area contributed by atoms with Crippen LogP contribution in [0.4, 0.5) is 5.69 Å². The van der Waals surface area contributed by atoms with Crippen molar-refractivity contribution in [1.29, 1.82) is 0 Å². The number of ether oxygens (including phenoxy) is 1. The van der Waals surface area contributed by atoms with E-state index in [1.807, 2.05) is 48.5 Å². The van der Waals surface area contributed by atoms with Crippen LogP contribution in [0.15, 0.2) is 77.3 Å². The second-order valence-electron chi connectivity index (χ2n) is 5.40. The highest BCUT2D eigenvalue weighted by atomic mass is 79.9. The minimum atomic E-state index is 0.511. The molecule has 24 heavy (non-hydrogen) atoms. The molecule has 0 aliphatic carbocycles. The Morgan fingerprint density at radius 2 is 1.58 bits per heavy atom. The summed E-state index contributed by atoms with van der Waals surface area (Å²) in [6, 6.07) is 24.0. The zero-order valence-electron chi connectivity index (χ0n) is 13.0. The van der Waals surface area contributed by atoms with E-state index in [0.717, 1.165) is 33.0 Å². The van der Waals surface area contributed by atoms with Crippen LogP contribution in [0.2, 0.25) is 5.02 Å². The molecule has 2 nitrogen and oxygen atoms in total. The average Bonchev–Trinajstić information content (AvgIpc) is 2.61. The Hall–Kier alpha value is -1.97. The number of rotatable bonds is 6. The second kappa shape index (κ2) is 8.22. The third kappa shape index (κ3) is 4.76. The van der Waals surface area contributed by atoms with Gasteiger partial charge in [-0.05, 0) is 63.5 Å². The highest BCUT2D eigenvalue weighted by Gasteiger charge is 2.04. The molecule has 3 aromatic rings. The van der Waals surface area contributed by atoms with Crippen molar-refractivity contribution in [3.05, 3.63) is 93.4 Å². The van der Waals surface area contributed by atoms with Crippen LogP contribution >= 0.6 is 27.5 Å². The van der Waals surface area contributed by atoms with Crippen LogP contribution in [0.25, 0.3) is 0 Å². The van der Waals surface area contributed by atoms with E-state index in [0.29, 0.717) is 6.61 Å². The smallest absolute Gasteiger partial charge is 0.134 e. The summed E-state index contributed by atoms with van der Waals surface area (Å²) < 4.78 is 6.82. The van der Waals surface area contributed by atoms with Gasteiger partial charge in [0.2, 0.25) is 0 Å². The molecule has 0 amide bonds. The van der Waals surface area contributed by atoms with Crippen molar-refractivity contribution in [2.75, 3.05) is 5.32 Å². The van der Waals surface area contributed by atoms with E-state index < -0.39 is 0 Å². The lowest BCUT2D eigenvalue weighted by atomic mass is 10.2. The Balaban J connectivity index is 1.59. The topological polar surface area (TPSA) is 21.3 Å². The van der Waals surface area contributed by atoms with Gasteiger partial charge in [-0.2, -0.15) is 0 Å². The molecule has 1 N–H and O–H groups in total. The summed E-state index contributed by atoms with van der Waals surface area (Å²) in [4.78, 5) is 0. The highest BCUT2D eigenvalue weighted by molar-refractivity contribution is 9.10. The number of anilines is 1. The van der Waals surface area contributed by atoms with Crippen LogP contribution in [-0.4, -0.2) is 0 Å². The van der Waals surface area contributed by atoms with Gasteiger partial charge in [0.1, 0.15) is 12.4 Å². The first-order valence-electron chi connectivity index (χ1n) is 7.65. The third-order valence-corrected chi connectivity index (χ3v) is 4.45. The Bertz CT molecular complexity index is 790. The normalized spacial score (nSPS) is 10.4. The highest BCUT2D eigenvalue weighted by Crippen LogP contribution is 2.27. The van der Waals surface area contributed by atoms with Crippen LogP contribution < -0.4 is 10.1 Å². The zero-order valence-corrected chi connectivity index (χ0v) is 15.3. The third-order valence-electron chi connectivity index (χ3n) is 3.57. The molecule has 0 spiro atoms. The standard InChI is InChI=1S/C20H17BrClNO/c21-19-12-16(13-23-18-4-2-1-3-5-18)8-11-20(19)24-14-15-6-9-17(22)10-7-15/h1-12,23H,13-14H2. The Kier molecular flexibility index (Phi) is 5.78. The van der Waals surface area contributed by atoms with Gasteiger partial charge in [0.25, 0.3) is 0 Å². The molecule has 3 aromatic carbocycles. The van der Waals surface area contributed by atoms with E-state index in [1.54, 1.807) is 0 Å². The van der Waals surface area contributed by atoms with Gasteiger partial charge in [0.15, 0.2) is 0 Å². The van der Waals surface area contributed by atoms with Gasteiger partial charge in [-0.15, -0.1) is 0 Å². The summed E-state index contributed by atoms with van der Waals surface area (Å²) in [5.74, 6) is 0.827. The molecule has 0 aliphatic heterocycles. The molecule has 0 unspecified atom stereocenters. The quantitative estimate of drug-likeness (QED) is 0.523. The van der Waals surface area contributed by atoms with Crippen molar-refractivity contribution in [1.82, 2.24) is 0 Å². The van der Waals surface area contributed by atoms with Crippen molar-refractivity contribution >= 4 is 33.2 Å². The fraction of sp³-hybridized carbons (Fsp3) is 0.100. The number of halogens is 2. The first kappa shape index (κ1) is 16.9. The Morgan fingerprint density at radius 3 is 2.29 bits per heavy atom. The minimum absolute atomic E-state index is 0.511. The minimum Gasteiger partial charge on any atom is -0.488 e. The van der Waals surface area contributed by atoms with E-state index in [-0.39, 0.29) is 0 Å². The van der Waals surface area contributed by atoms with Gasteiger partial charge in [-0.3, -0.25) is 0 Å². The molecule has 0 saturated carbocycles. The molecule has 0 saturated heterocycles. The molecular formula is C20H17BrClNO. The van der Waals surface area contributed by atoms with Gasteiger partial charge in [0, 0.05) is 17.3 Å². The zero-order chi connectivity index (χ0) is 16.8. The fourth-order valence-corrected chi connectivity index (χ4v) is 2.94. The molecule has 4 heteroatoms. The van der Waals surface area contributed by atoms with Gasteiger partial charge in [-0.1, -0.05) is 48.0 Å². The first-order valence-corrected chi connectivity index (χ1v) is 8.82. The number of nitrogens with one attached hydrogen (secondary N) is 1. The summed E-state index contributed by atoms with van der Waals surface area (Å²) in [6.07, 6.45) is 0. The maximum Gasteiger partial charge on any atom is 0.134 e. The van der Waals surface area contributed by atoms with Crippen molar-refractivity contribution < 1.29 is 4.74 Å². The Labute approximate surface area is 155 Å². The lowest BCUT2D eigenvalue weighted by molar-refractivity contribution is 0.304. The van der Waals surface area contributed by atoms with Gasteiger partial charge >= 0.3 is 0 Å². The summed E-state index contributed by atoms with van der Waals surface area (Å²) in [6.45, 7) is 1.28. The monoisotopic (exact) mass is 401 g/mol. The van der Waals surface area contributed by atoms with Crippen molar-refractivity contribution in [2.24, 2.45) is 0 Å². The van der Waals surface area contributed by atoms with E-state index >= 15 is 0 Å². The van der Waals surface area contributed by atoms with Crippen molar-refractivity contribution in [3.8, 4) is 5.75 Å².